The molecule has 0 spiro atoms. The lowest BCUT2D eigenvalue weighted by Crippen LogP contribution is -2.24. The van der Waals surface area contributed by atoms with E-state index in [0.29, 0.717) is 6.04 Å². The molecule has 0 aliphatic heterocycles. The molecule has 1 aromatic rings. The second kappa shape index (κ2) is 6.02. The van der Waals surface area contributed by atoms with Crippen LogP contribution in [0.4, 0.5) is 0 Å². The smallest absolute Gasteiger partial charge is 0.0587 e. The van der Waals surface area contributed by atoms with Gasteiger partial charge in [-0.05, 0) is 44.4 Å². The third-order valence-corrected chi connectivity index (χ3v) is 2.93. The summed E-state index contributed by atoms with van der Waals surface area (Å²) in [6, 6.07) is 4.88. The lowest BCUT2D eigenvalue weighted by atomic mass is 9.95. The maximum atomic E-state index is 5.05. The first-order valence-electron chi connectivity index (χ1n) is 5.86. The average molecular weight is 221 g/mol. The molecule has 90 valence electrons. The van der Waals surface area contributed by atoms with Gasteiger partial charge in [0.25, 0.3) is 0 Å². The van der Waals surface area contributed by atoms with E-state index in [4.69, 9.17) is 4.74 Å². The van der Waals surface area contributed by atoms with Gasteiger partial charge < -0.3 is 10.1 Å². The molecular formula is C14H23NO. The zero-order valence-corrected chi connectivity index (χ0v) is 11.1. The van der Waals surface area contributed by atoms with Gasteiger partial charge in [-0.1, -0.05) is 17.7 Å². The zero-order valence-electron chi connectivity index (χ0n) is 11.1. The number of benzene rings is 1. The van der Waals surface area contributed by atoms with Crippen LogP contribution in [0, 0.1) is 20.8 Å². The summed E-state index contributed by atoms with van der Waals surface area (Å²) in [5, 5.41) is 3.48. The summed E-state index contributed by atoms with van der Waals surface area (Å²) in [7, 11) is 1.73. The third-order valence-electron chi connectivity index (χ3n) is 2.93. The summed E-state index contributed by atoms with van der Waals surface area (Å²) in [6.45, 7) is 10.4. The lowest BCUT2D eigenvalue weighted by Gasteiger charge is -2.19. The first kappa shape index (κ1) is 13.2. The Kier molecular flexibility index (Phi) is 4.97. The first-order valence-corrected chi connectivity index (χ1v) is 5.86. The SMILES string of the molecule is COCCNC(C)c1c(C)cc(C)cc1C. The minimum Gasteiger partial charge on any atom is -0.383 e. The van der Waals surface area contributed by atoms with Gasteiger partial charge in [-0.2, -0.15) is 0 Å². The number of aryl methyl sites for hydroxylation is 3. The minimum atomic E-state index is 0.385. The van der Waals surface area contributed by atoms with Crippen LogP contribution < -0.4 is 5.32 Å². The zero-order chi connectivity index (χ0) is 12.1. The molecule has 1 atom stereocenters. The van der Waals surface area contributed by atoms with Gasteiger partial charge in [0.15, 0.2) is 0 Å². The van der Waals surface area contributed by atoms with E-state index < -0.39 is 0 Å². The van der Waals surface area contributed by atoms with Gasteiger partial charge in [0.05, 0.1) is 6.61 Å². The highest BCUT2D eigenvalue weighted by atomic mass is 16.5. The van der Waals surface area contributed by atoms with Crippen LogP contribution in [0.25, 0.3) is 0 Å². The van der Waals surface area contributed by atoms with E-state index >= 15 is 0 Å². The van der Waals surface area contributed by atoms with Gasteiger partial charge in [0.2, 0.25) is 0 Å². The summed E-state index contributed by atoms with van der Waals surface area (Å²) >= 11 is 0. The number of ether oxygens (including phenoxy) is 1. The highest BCUT2D eigenvalue weighted by Crippen LogP contribution is 2.22. The van der Waals surface area contributed by atoms with Crippen LogP contribution >= 0.6 is 0 Å². The summed E-state index contributed by atoms with van der Waals surface area (Å²) in [6.07, 6.45) is 0. The fraction of sp³-hybridized carbons (Fsp3) is 0.571. The molecule has 2 nitrogen and oxygen atoms in total. The predicted molar refractivity (Wildman–Crippen MR) is 68.9 cm³/mol. The van der Waals surface area contributed by atoms with E-state index in [1.807, 2.05) is 0 Å². The van der Waals surface area contributed by atoms with E-state index in [1.54, 1.807) is 7.11 Å². The molecule has 0 amide bonds. The molecule has 16 heavy (non-hydrogen) atoms. The molecule has 0 aliphatic carbocycles. The fourth-order valence-electron chi connectivity index (χ4n) is 2.35. The molecule has 0 fully saturated rings. The van der Waals surface area contributed by atoms with Crippen LogP contribution in [0.5, 0.6) is 0 Å². The topological polar surface area (TPSA) is 21.3 Å². The third kappa shape index (κ3) is 3.32. The largest absolute Gasteiger partial charge is 0.383 e. The first-order chi connectivity index (χ1) is 7.56. The Labute approximate surface area is 99.0 Å². The second-order valence-corrected chi connectivity index (χ2v) is 4.48. The molecule has 1 N–H and O–H groups in total. The van der Waals surface area contributed by atoms with Crippen molar-refractivity contribution in [3.8, 4) is 0 Å². The Morgan fingerprint density at radius 2 is 1.75 bits per heavy atom. The van der Waals surface area contributed by atoms with E-state index in [9.17, 15) is 0 Å². The summed E-state index contributed by atoms with van der Waals surface area (Å²) < 4.78 is 5.05. The molecule has 0 heterocycles. The van der Waals surface area contributed by atoms with Gasteiger partial charge in [-0.3, -0.25) is 0 Å². The molecule has 1 unspecified atom stereocenters. The Hall–Kier alpha value is -0.860. The number of rotatable bonds is 5. The van der Waals surface area contributed by atoms with Crippen molar-refractivity contribution < 1.29 is 4.74 Å². The van der Waals surface area contributed by atoms with Gasteiger partial charge in [-0.15, -0.1) is 0 Å². The van der Waals surface area contributed by atoms with Gasteiger partial charge in [0.1, 0.15) is 0 Å². The van der Waals surface area contributed by atoms with Gasteiger partial charge in [-0.25, -0.2) is 0 Å². The van der Waals surface area contributed by atoms with Crippen molar-refractivity contribution in [1.82, 2.24) is 5.32 Å². The summed E-state index contributed by atoms with van der Waals surface area (Å²) in [5.74, 6) is 0. The van der Waals surface area contributed by atoms with Crippen molar-refractivity contribution in [2.45, 2.75) is 33.7 Å². The number of nitrogens with one attached hydrogen (secondary N) is 1. The number of methoxy groups -OCH3 is 1. The summed E-state index contributed by atoms with van der Waals surface area (Å²) in [4.78, 5) is 0. The van der Waals surface area contributed by atoms with Crippen LogP contribution in [0.3, 0.4) is 0 Å². The molecule has 0 saturated heterocycles. The van der Waals surface area contributed by atoms with Crippen molar-refractivity contribution in [2.75, 3.05) is 20.3 Å². The van der Waals surface area contributed by atoms with Crippen molar-refractivity contribution in [1.29, 1.82) is 0 Å². The highest BCUT2D eigenvalue weighted by molar-refractivity contribution is 5.39. The van der Waals surface area contributed by atoms with Crippen molar-refractivity contribution >= 4 is 0 Å². The van der Waals surface area contributed by atoms with Crippen molar-refractivity contribution in [3.05, 3.63) is 34.4 Å². The highest BCUT2D eigenvalue weighted by Gasteiger charge is 2.10. The Balaban J connectivity index is 2.78. The quantitative estimate of drug-likeness (QED) is 0.772. The Morgan fingerprint density at radius 3 is 2.25 bits per heavy atom. The Bertz CT molecular complexity index is 324. The van der Waals surface area contributed by atoms with Crippen LogP contribution in [-0.2, 0) is 4.74 Å². The normalized spacial score (nSPS) is 12.8. The van der Waals surface area contributed by atoms with Crippen LogP contribution in [0.2, 0.25) is 0 Å². The lowest BCUT2D eigenvalue weighted by molar-refractivity contribution is 0.196. The predicted octanol–water partition coefficient (Wildman–Crippen LogP) is 2.91. The molecular weight excluding hydrogens is 198 g/mol. The average Bonchev–Trinajstić information content (AvgIpc) is 2.16. The molecule has 0 aromatic heterocycles. The van der Waals surface area contributed by atoms with Crippen LogP contribution in [0.15, 0.2) is 12.1 Å². The van der Waals surface area contributed by atoms with Crippen LogP contribution in [-0.4, -0.2) is 20.3 Å². The molecule has 2 heteroatoms. The molecule has 0 radical (unpaired) electrons. The molecule has 1 rings (SSSR count). The second-order valence-electron chi connectivity index (χ2n) is 4.48. The van der Waals surface area contributed by atoms with Gasteiger partial charge in [0, 0.05) is 19.7 Å². The summed E-state index contributed by atoms with van der Waals surface area (Å²) in [5.41, 5.74) is 5.49. The van der Waals surface area contributed by atoms with Crippen LogP contribution in [0.1, 0.15) is 35.2 Å². The number of hydrogen-bond acceptors (Lipinski definition) is 2. The van der Waals surface area contributed by atoms with Gasteiger partial charge >= 0.3 is 0 Å². The molecule has 0 saturated carbocycles. The van der Waals surface area contributed by atoms with Crippen molar-refractivity contribution in [2.24, 2.45) is 0 Å². The van der Waals surface area contributed by atoms with E-state index in [-0.39, 0.29) is 0 Å². The standard InChI is InChI=1S/C14H23NO/c1-10-8-11(2)14(12(3)9-10)13(4)15-6-7-16-5/h8-9,13,15H,6-7H2,1-5H3. The van der Waals surface area contributed by atoms with Crippen molar-refractivity contribution in [3.63, 3.8) is 0 Å². The van der Waals surface area contributed by atoms with E-state index in [1.165, 1.54) is 22.3 Å². The Morgan fingerprint density at radius 1 is 1.19 bits per heavy atom. The molecule has 0 aliphatic rings. The molecule has 0 bridgehead atoms. The minimum absolute atomic E-state index is 0.385. The number of hydrogen-bond donors (Lipinski definition) is 1. The molecule has 1 aromatic carbocycles. The maximum Gasteiger partial charge on any atom is 0.0587 e. The van der Waals surface area contributed by atoms with E-state index in [2.05, 4.69) is 45.1 Å². The van der Waals surface area contributed by atoms with E-state index in [0.717, 1.165) is 13.2 Å². The fourth-order valence-corrected chi connectivity index (χ4v) is 2.35. The monoisotopic (exact) mass is 221 g/mol. The maximum absolute atomic E-state index is 5.05.